The van der Waals surface area contributed by atoms with Crippen LogP contribution in [-0.4, -0.2) is 64.9 Å². The van der Waals surface area contributed by atoms with Gasteiger partial charge in [0.1, 0.15) is 0 Å². The lowest BCUT2D eigenvalue weighted by Gasteiger charge is -2.35. The van der Waals surface area contributed by atoms with Gasteiger partial charge in [-0.15, -0.1) is 0 Å². The average Bonchev–Trinajstić information content (AvgIpc) is 3.08. The van der Waals surface area contributed by atoms with Crippen molar-refractivity contribution in [3.05, 3.63) is 42.0 Å². The van der Waals surface area contributed by atoms with Crippen LogP contribution >= 0.6 is 0 Å². The van der Waals surface area contributed by atoms with Crippen LogP contribution in [0.15, 0.2) is 30.6 Å². The smallest absolute Gasteiger partial charge is 0.374 e. The number of rotatable bonds is 5. The van der Waals surface area contributed by atoms with Crippen molar-refractivity contribution < 1.29 is 23.1 Å². The van der Waals surface area contributed by atoms with Crippen LogP contribution < -0.4 is 10.2 Å². The largest absolute Gasteiger partial charge is 0.425 e. The molecule has 7 nitrogen and oxygen atoms in total. The number of nitrogens with one attached hydrogen (secondary N) is 1. The van der Waals surface area contributed by atoms with Gasteiger partial charge in [-0.25, -0.2) is 4.98 Å². The van der Waals surface area contributed by atoms with Crippen molar-refractivity contribution in [3.8, 4) is 0 Å². The van der Waals surface area contributed by atoms with Crippen LogP contribution in [0, 0.1) is 6.92 Å². The number of hydrogen-bond donors (Lipinski definition) is 2. The highest BCUT2D eigenvalue weighted by molar-refractivity contribution is 5.92. The molecule has 1 atom stereocenters. The van der Waals surface area contributed by atoms with Gasteiger partial charge in [-0.05, 0) is 37.7 Å². The molecule has 0 spiro atoms. The third kappa shape index (κ3) is 4.44. The molecule has 2 heterocycles. The molecule has 0 saturated carbocycles. The van der Waals surface area contributed by atoms with Crippen LogP contribution in [0.2, 0.25) is 0 Å². The second-order valence-electron chi connectivity index (χ2n) is 7.74. The highest BCUT2D eigenvalue weighted by Gasteiger charge is 2.58. The first-order valence-corrected chi connectivity index (χ1v) is 9.62. The molecule has 1 aliphatic rings. The van der Waals surface area contributed by atoms with E-state index < -0.39 is 29.9 Å². The van der Waals surface area contributed by atoms with E-state index >= 15 is 0 Å². The Morgan fingerprint density at radius 2 is 1.87 bits per heavy atom. The lowest BCUT2D eigenvalue weighted by molar-refractivity contribution is -0.270. The first-order valence-electron chi connectivity index (χ1n) is 9.62. The van der Waals surface area contributed by atoms with Crippen LogP contribution in [-0.2, 0) is 17.4 Å². The number of amides is 1. The van der Waals surface area contributed by atoms with Crippen LogP contribution in [0.1, 0.15) is 17.8 Å². The van der Waals surface area contributed by atoms with E-state index in [9.17, 15) is 23.1 Å². The van der Waals surface area contributed by atoms with Crippen molar-refractivity contribution in [3.63, 3.8) is 0 Å². The number of imidazole rings is 1. The fourth-order valence-electron chi connectivity index (χ4n) is 3.64. The number of aryl methyl sites for hydroxylation is 2. The highest BCUT2D eigenvalue weighted by atomic mass is 19.4. The minimum Gasteiger partial charge on any atom is -0.374 e. The van der Waals surface area contributed by atoms with Gasteiger partial charge in [-0.2, -0.15) is 13.2 Å². The Kier molecular flexibility index (Phi) is 6.09. The first kappa shape index (κ1) is 22.1. The number of hydrogen-bond acceptors (Lipinski definition) is 5. The lowest BCUT2D eigenvalue weighted by Crippen LogP contribution is -2.46. The van der Waals surface area contributed by atoms with E-state index in [1.807, 2.05) is 13.0 Å². The predicted molar refractivity (Wildman–Crippen MR) is 107 cm³/mol. The molecule has 1 aromatic heterocycles. The summed E-state index contributed by atoms with van der Waals surface area (Å²) in [5, 5.41) is 12.8. The fourth-order valence-corrected chi connectivity index (χ4v) is 3.64. The monoisotopic (exact) mass is 425 g/mol. The quantitative estimate of drug-likeness (QED) is 0.769. The topological polar surface area (TPSA) is 73.6 Å². The van der Waals surface area contributed by atoms with E-state index in [-0.39, 0.29) is 0 Å². The maximum absolute atomic E-state index is 13.6. The summed E-state index contributed by atoms with van der Waals surface area (Å²) >= 11 is 0. The predicted octanol–water partition coefficient (Wildman–Crippen LogP) is 2.26. The highest BCUT2D eigenvalue weighted by Crippen LogP contribution is 2.41. The summed E-state index contributed by atoms with van der Waals surface area (Å²) in [6.45, 7) is 5.54. The summed E-state index contributed by atoms with van der Waals surface area (Å²) < 4.78 is 41.9. The molecule has 1 fully saturated rings. The van der Waals surface area contributed by atoms with Crippen LogP contribution in [0.25, 0.3) is 0 Å². The summed E-state index contributed by atoms with van der Waals surface area (Å²) in [6.07, 6.45) is -3.83. The van der Waals surface area contributed by atoms with E-state index in [1.165, 1.54) is 13.2 Å². The van der Waals surface area contributed by atoms with Crippen LogP contribution in [0.3, 0.4) is 0 Å². The van der Waals surface area contributed by atoms with Crippen molar-refractivity contribution in [1.29, 1.82) is 0 Å². The molecule has 1 aromatic carbocycles. The van der Waals surface area contributed by atoms with Gasteiger partial charge in [0, 0.05) is 57.0 Å². The van der Waals surface area contributed by atoms with Gasteiger partial charge in [-0.3, -0.25) is 4.79 Å². The van der Waals surface area contributed by atoms with E-state index in [2.05, 4.69) is 27.1 Å². The van der Waals surface area contributed by atoms with Crippen LogP contribution in [0.5, 0.6) is 0 Å². The summed E-state index contributed by atoms with van der Waals surface area (Å²) in [7, 11) is 3.40. The Balaban J connectivity index is 1.74. The van der Waals surface area contributed by atoms with Crippen molar-refractivity contribution in [2.75, 3.05) is 43.4 Å². The van der Waals surface area contributed by atoms with Gasteiger partial charge < -0.3 is 24.8 Å². The molecule has 0 bridgehead atoms. The average molecular weight is 425 g/mol. The van der Waals surface area contributed by atoms with Crippen molar-refractivity contribution in [1.82, 2.24) is 14.5 Å². The fraction of sp³-hybridized carbons (Fsp3) is 0.500. The minimum atomic E-state index is -5.06. The molecule has 1 amide bonds. The van der Waals surface area contributed by atoms with E-state index in [0.717, 1.165) is 48.2 Å². The molecule has 30 heavy (non-hydrogen) atoms. The first-order chi connectivity index (χ1) is 14.0. The summed E-state index contributed by atoms with van der Waals surface area (Å²) in [5.74, 6) is -1.59. The molecule has 10 heteroatoms. The number of aliphatic hydroxyl groups is 1. The molecule has 164 valence electrons. The number of carbonyl (C=O) groups excluding carboxylic acids is 1. The number of carbonyl (C=O) groups is 1. The number of nitrogens with zero attached hydrogens (tertiary/aromatic N) is 4. The Morgan fingerprint density at radius 3 is 2.40 bits per heavy atom. The van der Waals surface area contributed by atoms with E-state index in [0.29, 0.717) is 5.69 Å². The molecule has 0 aliphatic carbocycles. The Labute approximate surface area is 173 Å². The zero-order valence-corrected chi connectivity index (χ0v) is 17.2. The molecule has 1 unspecified atom stereocenters. The zero-order chi connectivity index (χ0) is 22.1. The van der Waals surface area contributed by atoms with E-state index in [4.69, 9.17) is 0 Å². The van der Waals surface area contributed by atoms with Gasteiger partial charge in [0.15, 0.2) is 5.82 Å². The zero-order valence-electron chi connectivity index (χ0n) is 17.2. The van der Waals surface area contributed by atoms with Crippen molar-refractivity contribution in [2.45, 2.75) is 25.1 Å². The SMILES string of the molecule is Cc1cc(NC(=O)CC(O)(c2nccn2C)C(F)(F)F)ccc1N1CCN(C)CC1. The van der Waals surface area contributed by atoms with E-state index in [1.54, 1.807) is 12.1 Å². The Hall–Kier alpha value is -2.59. The number of benzene rings is 1. The second-order valence-corrected chi connectivity index (χ2v) is 7.74. The maximum Gasteiger partial charge on any atom is 0.425 e. The standard InChI is InChI=1S/C20H26F3N5O2/c1-14-12-15(4-5-16(14)28-10-8-26(2)9-11-28)25-17(29)13-19(30,20(21,22)23)18-24-6-7-27(18)3/h4-7,12,30H,8-11,13H2,1-3H3,(H,25,29). The number of aromatic nitrogens is 2. The summed E-state index contributed by atoms with van der Waals surface area (Å²) in [5.41, 5.74) is -1.07. The number of likely N-dealkylation sites (N-methyl/N-ethyl adjacent to an activating group) is 1. The van der Waals surface area contributed by atoms with Crippen LogP contribution in [0.4, 0.5) is 24.5 Å². The molecule has 1 aliphatic heterocycles. The maximum atomic E-state index is 13.6. The number of halogens is 3. The number of anilines is 2. The van der Waals surface area contributed by atoms with Gasteiger partial charge in [-0.1, -0.05) is 0 Å². The van der Waals surface area contributed by atoms with Gasteiger partial charge in [0.2, 0.25) is 11.5 Å². The lowest BCUT2D eigenvalue weighted by atomic mass is 9.97. The molecular formula is C20H26F3N5O2. The third-order valence-corrected chi connectivity index (χ3v) is 5.40. The molecule has 2 aromatic rings. The number of piperazine rings is 1. The molecule has 1 saturated heterocycles. The van der Waals surface area contributed by atoms with Gasteiger partial charge in [0.25, 0.3) is 0 Å². The molecular weight excluding hydrogens is 399 g/mol. The Bertz CT molecular complexity index is 906. The summed E-state index contributed by atoms with van der Waals surface area (Å²) in [4.78, 5) is 20.5. The van der Waals surface area contributed by atoms with Crippen molar-refractivity contribution >= 4 is 17.3 Å². The number of alkyl halides is 3. The normalized spacial score (nSPS) is 17.6. The minimum absolute atomic E-state index is 0.375. The summed E-state index contributed by atoms with van der Waals surface area (Å²) in [6, 6.07) is 5.23. The van der Waals surface area contributed by atoms with Crippen molar-refractivity contribution in [2.24, 2.45) is 7.05 Å². The third-order valence-electron chi connectivity index (χ3n) is 5.40. The van der Waals surface area contributed by atoms with Gasteiger partial charge >= 0.3 is 6.18 Å². The molecule has 3 rings (SSSR count). The Morgan fingerprint density at radius 1 is 1.20 bits per heavy atom. The molecule has 0 radical (unpaired) electrons. The molecule has 2 N–H and O–H groups in total. The second kappa shape index (κ2) is 8.27. The van der Waals surface area contributed by atoms with Gasteiger partial charge in [0.05, 0.1) is 6.42 Å².